The fraction of sp³-hybridized carbons (Fsp3) is 0.875. The number of carbonyl (C=O) groups excluding carboxylic acids is 1. The number of hydrogen-bond acceptors (Lipinski definition) is 4. The molecule has 3 nitrogen and oxygen atoms in total. The van der Waals surface area contributed by atoms with Gasteiger partial charge in [0.25, 0.3) is 0 Å². The molecule has 122 valence electrons. The van der Waals surface area contributed by atoms with Crippen LogP contribution >= 0.6 is 24.0 Å². The van der Waals surface area contributed by atoms with Crippen LogP contribution < -0.4 is 0 Å². The molecule has 1 saturated heterocycles. The molecule has 1 aliphatic heterocycles. The van der Waals surface area contributed by atoms with Crippen LogP contribution in [0.25, 0.3) is 0 Å². The van der Waals surface area contributed by atoms with Gasteiger partial charge in [-0.1, -0.05) is 58.6 Å². The molecule has 0 aromatic rings. The largest absolute Gasteiger partial charge is 0.378 e. The fourth-order valence-corrected chi connectivity index (χ4v) is 4.54. The first-order valence-corrected chi connectivity index (χ1v) is 9.08. The molecule has 0 aromatic carbocycles. The molecule has 0 saturated carbocycles. The average Bonchev–Trinajstić information content (AvgIpc) is 2.78. The summed E-state index contributed by atoms with van der Waals surface area (Å²) in [5, 5.41) is 0. The molecule has 0 spiro atoms. The predicted octanol–water partition coefficient (Wildman–Crippen LogP) is 3.96. The van der Waals surface area contributed by atoms with Gasteiger partial charge < -0.3 is 4.74 Å². The summed E-state index contributed by atoms with van der Waals surface area (Å²) in [4.78, 5) is 14.8. The van der Waals surface area contributed by atoms with E-state index in [-0.39, 0.29) is 17.9 Å². The van der Waals surface area contributed by atoms with Crippen molar-refractivity contribution in [3.05, 3.63) is 0 Å². The van der Waals surface area contributed by atoms with Crippen molar-refractivity contribution >= 4 is 34.2 Å². The quantitative estimate of drug-likeness (QED) is 0.689. The summed E-state index contributed by atoms with van der Waals surface area (Å²) >= 11 is 7.02. The van der Waals surface area contributed by atoms with Crippen molar-refractivity contribution in [2.24, 2.45) is 17.8 Å². The van der Waals surface area contributed by atoms with Crippen molar-refractivity contribution in [1.29, 1.82) is 0 Å². The van der Waals surface area contributed by atoms with Gasteiger partial charge >= 0.3 is 0 Å². The third-order valence-corrected chi connectivity index (χ3v) is 5.98. The lowest BCUT2D eigenvalue weighted by molar-refractivity contribution is -0.144. The topological polar surface area (TPSA) is 29.5 Å². The summed E-state index contributed by atoms with van der Waals surface area (Å²) in [5.74, 6) is 1.69. The summed E-state index contributed by atoms with van der Waals surface area (Å²) in [5.41, 5.74) is -0.449. The van der Waals surface area contributed by atoms with E-state index < -0.39 is 5.60 Å². The minimum absolute atomic E-state index is 0.105. The number of amides is 1. The summed E-state index contributed by atoms with van der Waals surface area (Å²) in [7, 11) is 1.70. The Morgan fingerprint density at radius 2 is 2.00 bits per heavy atom. The van der Waals surface area contributed by atoms with Gasteiger partial charge in [0, 0.05) is 18.9 Å². The number of thiocarbonyl (C=S) groups is 1. The van der Waals surface area contributed by atoms with Gasteiger partial charge in [0.1, 0.15) is 4.32 Å². The standard InChI is InChI=1S/C16H29NO2S2/c1-10(2)8-16(6,19-7)12(5)14(18)17-13(11(3)4)9-21-15(17)20/h10-13H,8-9H2,1-7H3/t12-,13+,16-/m0/s1. The van der Waals surface area contributed by atoms with E-state index in [4.69, 9.17) is 17.0 Å². The normalized spacial score (nSPS) is 23.8. The number of rotatable bonds is 6. The van der Waals surface area contributed by atoms with Crippen molar-refractivity contribution < 1.29 is 9.53 Å². The number of thioether (sulfide) groups is 1. The third-order valence-electron chi connectivity index (χ3n) is 4.48. The Bertz CT molecular complexity index is 398. The first-order chi connectivity index (χ1) is 9.64. The maximum absolute atomic E-state index is 13.0. The highest BCUT2D eigenvalue weighted by atomic mass is 32.2. The van der Waals surface area contributed by atoms with Crippen molar-refractivity contribution in [3.8, 4) is 0 Å². The van der Waals surface area contributed by atoms with Crippen LogP contribution in [0.2, 0.25) is 0 Å². The highest BCUT2D eigenvalue weighted by Gasteiger charge is 2.44. The molecule has 1 fully saturated rings. The van der Waals surface area contributed by atoms with Crippen LogP contribution in [0.15, 0.2) is 0 Å². The summed E-state index contributed by atoms with van der Waals surface area (Å²) in [6.45, 7) is 12.6. The summed E-state index contributed by atoms with van der Waals surface area (Å²) in [6, 6.07) is 0.206. The predicted molar refractivity (Wildman–Crippen MR) is 94.6 cm³/mol. The molecule has 0 unspecified atom stereocenters. The number of carbonyl (C=O) groups is 1. The van der Waals surface area contributed by atoms with Crippen LogP contribution in [0.1, 0.15) is 48.0 Å². The van der Waals surface area contributed by atoms with E-state index in [1.165, 1.54) is 0 Å². The molecule has 0 aromatic heterocycles. The average molecular weight is 332 g/mol. The Morgan fingerprint density at radius 1 is 1.43 bits per heavy atom. The van der Waals surface area contributed by atoms with E-state index in [0.29, 0.717) is 16.2 Å². The van der Waals surface area contributed by atoms with Gasteiger partial charge in [0.2, 0.25) is 5.91 Å². The molecule has 0 N–H and O–H groups in total. The van der Waals surface area contributed by atoms with E-state index in [0.717, 1.165) is 12.2 Å². The molecule has 1 amide bonds. The minimum atomic E-state index is -0.449. The van der Waals surface area contributed by atoms with Crippen LogP contribution in [0, 0.1) is 17.8 Å². The van der Waals surface area contributed by atoms with Gasteiger partial charge in [-0.25, -0.2) is 0 Å². The van der Waals surface area contributed by atoms with E-state index in [9.17, 15) is 4.79 Å². The summed E-state index contributed by atoms with van der Waals surface area (Å²) in [6.07, 6.45) is 0.858. The maximum atomic E-state index is 13.0. The van der Waals surface area contributed by atoms with Gasteiger partial charge in [0.15, 0.2) is 0 Å². The van der Waals surface area contributed by atoms with E-state index >= 15 is 0 Å². The monoisotopic (exact) mass is 331 g/mol. The zero-order chi connectivity index (χ0) is 16.4. The molecule has 0 radical (unpaired) electrons. The molecular weight excluding hydrogens is 302 g/mol. The lowest BCUT2D eigenvalue weighted by atomic mass is 9.82. The molecule has 0 bridgehead atoms. The van der Waals surface area contributed by atoms with Crippen molar-refractivity contribution in [2.75, 3.05) is 12.9 Å². The van der Waals surface area contributed by atoms with E-state index in [1.54, 1.807) is 18.9 Å². The van der Waals surface area contributed by atoms with Crippen LogP contribution in [0.5, 0.6) is 0 Å². The van der Waals surface area contributed by atoms with Crippen LogP contribution in [0.4, 0.5) is 0 Å². The second kappa shape index (κ2) is 7.42. The Kier molecular flexibility index (Phi) is 6.69. The molecular formula is C16H29NO2S2. The molecule has 21 heavy (non-hydrogen) atoms. The number of methoxy groups -OCH3 is 1. The summed E-state index contributed by atoms with van der Waals surface area (Å²) < 4.78 is 6.44. The van der Waals surface area contributed by atoms with Gasteiger partial charge in [-0.15, -0.1) is 0 Å². The van der Waals surface area contributed by atoms with Crippen molar-refractivity contribution in [1.82, 2.24) is 4.90 Å². The van der Waals surface area contributed by atoms with Crippen LogP contribution in [-0.2, 0) is 9.53 Å². The van der Waals surface area contributed by atoms with E-state index in [2.05, 4.69) is 27.7 Å². The Hall–Kier alpha value is -0.130. The SMILES string of the molecule is CO[C@@](C)(CC(C)C)[C@@H](C)C(=O)N1C(=S)SC[C@@H]1C(C)C. The van der Waals surface area contributed by atoms with Crippen LogP contribution in [0.3, 0.4) is 0 Å². The second-order valence-electron chi connectivity index (χ2n) is 6.93. The zero-order valence-corrected chi connectivity index (χ0v) is 15.9. The van der Waals surface area contributed by atoms with Gasteiger partial charge in [0.05, 0.1) is 11.5 Å². The lowest BCUT2D eigenvalue weighted by Gasteiger charge is -2.38. The first kappa shape index (κ1) is 18.9. The van der Waals surface area contributed by atoms with E-state index in [1.807, 2.05) is 18.7 Å². The van der Waals surface area contributed by atoms with Crippen LogP contribution in [-0.4, -0.2) is 39.6 Å². The van der Waals surface area contributed by atoms with Crippen molar-refractivity contribution in [2.45, 2.75) is 59.6 Å². The number of nitrogens with zero attached hydrogens (tertiary/aromatic N) is 1. The minimum Gasteiger partial charge on any atom is -0.378 e. The molecule has 3 atom stereocenters. The smallest absolute Gasteiger partial charge is 0.234 e. The molecule has 1 aliphatic rings. The zero-order valence-electron chi connectivity index (χ0n) is 14.3. The Labute approximate surface area is 139 Å². The number of ether oxygens (including phenoxy) is 1. The third kappa shape index (κ3) is 4.20. The molecule has 1 heterocycles. The highest BCUT2D eigenvalue weighted by Crippen LogP contribution is 2.35. The number of hydrogen-bond donors (Lipinski definition) is 0. The van der Waals surface area contributed by atoms with Crippen molar-refractivity contribution in [3.63, 3.8) is 0 Å². The molecule has 1 rings (SSSR count). The first-order valence-electron chi connectivity index (χ1n) is 7.69. The fourth-order valence-electron chi connectivity index (χ4n) is 2.90. The highest BCUT2D eigenvalue weighted by molar-refractivity contribution is 8.23. The van der Waals surface area contributed by atoms with Gasteiger partial charge in [-0.2, -0.15) is 0 Å². The Morgan fingerprint density at radius 3 is 2.43 bits per heavy atom. The maximum Gasteiger partial charge on any atom is 0.234 e. The second-order valence-corrected chi connectivity index (χ2v) is 8.59. The lowest BCUT2D eigenvalue weighted by Crippen LogP contribution is -2.51. The van der Waals surface area contributed by atoms with Gasteiger partial charge in [-0.05, 0) is 25.2 Å². The van der Waals surface area contributed by atoms with Gasteiger partial charge in [-0.3, -0.25) is 9.69 Å². The molecule has 0 aliphatic carbocycles. The Balaban J connectivity index is 2.97. The molecule has 5 heteroatoms.